The standard InChI is InChI=1S/C17H19NO4S/c1-11-12(2)17(22-4)9-8-16(11)18-23(20,21)15-7-5-6-14(10-15)13(3)19/h5-10,18H,1-4H3. The first-order chi connectivity index (χ1) is 10.8. The minimum Gasteiger partial charge on any atom is -0.496 e. The lowest BCUT2D eigenvalue weighted by molar-refractivity contribution is 0.101. The summed E-state index contributed by atoms with van der Waals surface area (Å²) in [7, 11) is -2.20. The van der Waals surface area contributed by atoms with Crippen molar-refractivity contribution >= 4 is 21.5 Å². The summed E-state index contributed by atoms with van der Waals surface area (Å²) < 4.78 is 32.9. The van der Waals surface area contributed by atoms with Gasteiger partial charge in [-0.2, -0.15) is 0 Å². The van der Waals surface area contributed by atoms with Crippen molar-refractivity contribution in [1.82, 2.24) is 0 Å². The molecule has 0 spiro atoms. The van der Waals surface area contributed by atoms with Gasteiger partial charge in [0.15, 0.2) is 5.78 Å². The van der Waals surface area contributed by atoms with Crippen LogP contribution in [0.1, 0.15) is 28.4 Å². The lowest BCUT2D eigenvalue weighted by atomic mass is 10.1. The Balaban J connectivity index is 2.41. The second kappa shape index (κ2) is 6.42. The van der Waals surface area contributed by atoms with E-state index in [4.69, 9.17) is 4.74 Å². The molecule has 0 atom stereocenters. The molecule has 0 fully saturated rings. The zero-order chi connectivity index (χ0) is 17.2. The van der Waals surface area contributed by atoms with Crippen LogP contribution >= 0.6 is 0 Å². The molecule has 0 amide bonds. The molecule has 0 unspecified atom stereocenters. The van der Waals surface area contributed by atoms with Crippen molar-refractivity contribution in [3.8, 4) is 5.75 Å². The summed E-state index contributed by atoms with van der Waals surface area (Å²) in [5, 5.41) is 0. The largest absolute Gasteiger partial charge is 0.496 e. The Morgan fingerprint density at radius 1 is 1.09 bits per heavy atom. The molecule has 0 bridgehead atoms. The summed E-state index contributed by atoms with van der Waals surface area (Å²) in [6.07, 6.45) is 0. The van der Waals surface area contributed by atoms with E-state index in [1.54, 1.807) is 31.4 Å². The SMILES string of the molecule is COc1ccc(NS(=O)(=O)c2cccc(C(C)=O)c2)c(C)c1C. The number of ether oxygens (including phenoxy) is 1. The van der Waals surface area contributed by atoms with Gasteiger partial charge in [0.05, 0.1) is 17.7 Å². The van der Waals surface area contributed by atoms with Gasteiger partial charge in [0, 0.05) is 5.56 Å². The van der Waals surface area contributed by atoms with Crippen LogP contribution < -0.4 is 9.46 Å². The predicted molar refractivity (Wildman–Crippen MR) is 89.7 cm³/mol. The van der Waals surface area contributed by atoms with Crippen LogP contribution in [0.15, 0.2) is 41.3 Å². The zero-order valence-corrected chi connectivity index (χ0v) is 14.3. The number of benzene rings is 2. The van der Waals surface area contributed by atoms with Gasteiger partial charge in [-0.15, -0.1) is 0 Å². The molecule has 2 rings (SSSR count). The van der Waals surface area contributed by atoms with Gasteiger partial charge in [-0.25, -0.2) is 8.42 Å². The number of methoxy groups -OCH3 is 1. The smallest absolute Gasteiger partial charge is 0.261 e. The second-order valence-corrected chi connectivity index (χ2v) is 6.94. The molecule has 0 aliphatic heterocycles. The number of carbonyl (C=O) groups is 1. The maximum Gasteiger partial charge on any atom is 0.261 e. The third kappa shape index (κ3) is 3.53. The van der Waals surface area contributed by atoms with E-state index in [2.05, 4.69) is 4.72 Å². The van der Waals surface area contributed by atoms with Gasteiger partial charge in [-0.1, -0.05) is 12.1 Å². The number of carbonyl (C=O) groups excluding carboxylic acids is 1. The first-order valence-corrected chi connectivity index (χ1v) is 8.52. The lowest BCUT2D eigenvalue weighted by Gasteiger charge is -2.15. The Bertz CT molecular complexity index is 857. The number of hydrogen-bond acceptors (Lipinski definition) is 4. The molecule has 23 heavy (non-hydrogen) atoms. The number of nitrogens with one attached hydrogen (secondary N) is 1. The topological polar surface area (TPSA) is 72.5 Å². The highest BCUT2D eigenvalue weighted by Crippen LogP contribution is 2.29. The summed E-state index contributed by atoms with van der Waals surface area (Å²) >= 11 is 0. The zero-order valence-electron chi connectivity index (χ0n) is 13.5. The van der Waals surface area contributed by atoms with Crippen LogP contribution in [0.2, 0.25) is 0 Å². The first kappa shape index (κ1) is 17.0. The van der Waals surface area contributed by atoms with Crippen LogP contribution in [0.3, 0.4) is 0 Å². The maximum atomic E-state index is 12.5. The molecular formula is C17H19NO4S. The molecular weight excluding hydrogens is 314 g/mol. The summed E-state index contributed by atoms with van der Waals surface area (Å²) in [5.41, 5.74) is 2.49. The molecule has 0 aliphatic rings. The number of ketones is 1. The summed E-state index contributed by atoms with van der Waals surface area (Å²) in [6.45, 7) is 5.08. The van der Waals surface area contributed by atoms with Crippen LogP contribution in [0.4, 0.5) is 5.69 Å². The van der Waals surface area contributed by atoms with Crippen molar-refractivity contribution in [2.45, 2.75) is 25.7 Å². The average molecular weight is 333 g/mol. The van der Waals surface area contributed by atoms with E-state index in [0.717, 1.165) is 11.1 Å². The van der Waals surface area contributed by atoms with Crippen LogP contribution in [0, 0.1) is 13.8 Å². The van der Waals surface area contributed by atoms with Gasteiger partial charge in [0.2, 0.25) is 0 Å². The number of hydrogen-bond donors (Lipinski definition) is 1. The number of rotatable bonds is 5. The highest BCUT2D eigenvalue weighted by molar-refractivity contribution is 7.92. The van der Waals surface area contributed by atoms with Crippen molar-refractivity contribution in [3.63, 3.8) is 0 Å². The van der Waals surface area contributed by atoms with E-state index < -0.39 is 10.0 Å². The molecule has 6 heteroatoms. The molecule has 5 nitrogen and oxygen atoms in total. The van der Waals surface area contributed by atoms with Gasteiger partial charge in [0.25, 0.3) is 10.0 Å². The molecule has 2 aromatic rings. The maximum absolute atomic E-state index is 12.5. The monoisotopic (exact) mass is 333 g/mol. The molecule has 0 radical (unpaired) electrons. The quantitative estimate of drug-likeness (QED) is 0.852. The Labute approximate surface area is 136 Å². The van der Waals surface area contributed by atoms with Crippen LogP contribution in [-0.4, -0.2) is 21.3 Å². The van der Waals surface area contributed by atoms with Crippen LogP contribution in [0.25, 0.3) is 0 Å². The third-order valence-electron chi connectivity index (χ3n) is 3.75. The highest BCUT2D eigenvalue weighted by atomic mass is 32.2. The predicted octanol–water partition coefficient (Wildman–Crippen LogP) is 3.32. The number of anilines is 1. The lowest BCUT2D eigenvalue weighted by Crippen LogP contribution is -2.14. The molecule has 122 valence electrons. The van der Waals surface area contributed by atoms with Gasteiger partial charge in [0.1, 0.15) is 5.75 Å². The Morgan fingerprint density at radius 3 is 2.39 bits per heavy atom. The molecule has 0 heterocycles. The first-order valence-electron chi connectivity index (χ1n) is 7.04. The van der Waals surface area contributed by atoms with Crippen molar-refractivity contribution in [3.05, 3.63) is 53.1 Å². The van der Waals surface area contributed by atoms with E-state index >= 15 is 0 Å². The number of sulfonamides is 1. The summed E-state index contributed by atoms with van der Waals surface area (Å²) in [4.78, 5) is 11.5. The molecule has 0 saturated heterocycles. The summed E-state index contributed by atoms with van der Waals surface area (Å²) in [6, 6.07) is 9.35. The average Bonchev–Trinajstić information content (AvgIpc) is 2.52. The molecule has 1 N–H and O–H groups in total. The second-order valence-electron chi connectivity index (χ2n) is 5.25. The normalized spacial score (nSPS) is 11.1. The summed E-state index contributed by atoms with van der Waals surface area (Å²) in [5.74, 6) is 0.516. The van der Waals surface area contributed by atoms with Crippen molar-refractivity contribution in [2.75, 3.05) is 11.8 Å². The molecule has 0 saturated carbocycles. The van der Waals surface area contributed by atoms with Crippen LogP contribution in [0.5, 0.6) is 5.75 Å². The fourth-order valence-electron chi connectivity index (χ4n) is 2.21. The Hall–Kier alpha value is -2.34. The van der Waals surface area contributed by atoms with E-state index in [9.17, 15) is 13.2 Å². The van der Waals surface area contributed by atoms with E-state index in [1.165, 1.54) is 19.1 Å². The third-order valence-corrected chi connectivity index (χ3v) is 5.12. The molecule has 0 aliphatic carbocycles. The van der Waals surface area contributed by atoms with E-state index in [-0.39, 0.29) is 10.7 Å². The Kier molecular flexibility index (Phi) is 4.75. The molecule has 2 aromatic carbocycles. The van der Waals surface area contributed by atoms with Gasteiger partial charge < -0.3 is 4.74 Å². The van der Waals surface area contributed by atoms with Gasteiger partial charge in [-0.3, -0.25) is 9.52 Å². The fraction of sp³-hybridized carbons (Fsp3) is 0.235. The van der Waals surface area contributed by atoms with Crippen molar-refractivity contribution in [1.29, 1.82) is 0 Å². The van der Waals surface area contributed by atoms with Gasteiger partial charge in [-0.05, 0) is 56.2 Å². The minimum absolute atomic E-state index is 0.0538. The van der Waals surface area contributed by atoms with Crippen molar-refractivity contribution in [2.24, 2.45) is 0 Å². The number of Topliss-reactive ketones (excluding diaryl/α,β-unsaturated/α-hetero) is 1. The van der Waals surface area contributed by atoms with E-state index in [1.807, 2.05) is 13.8 Å². The van der Waals surface area contributed by atoms with E-state index in [0.29, 0.717) is 17.0 Å². The fourth-order valence-corrected chi connectivity index (χ4v) is 3.38. The van der Waals surface area contributed by atoms with Crippen molar-refractivity contribution < 1.29 is 17.9 Å². The van der Waals surface area contributed by atoms with Crippen LogP contribution in [-0.2, 0) is 10.0 Å². The minimum atomic E-state index is -3.77. The highest BCUT2D eigenvalue weighted by Gasteiger charge is 2.17. The molecule has 0 aromatic heterocycles. The Morgan fingerprint density at radius 2 is 1.78 bits per heavy atom. The van der Waals surface area contributed by atoms with Gasteiger partial charge >= 0.3 is 0 Å².